The van der Waals surface area contributed by atoms with Crippen molar-refractivity contribution in [2.24, 2.45) is 5.16 Å². The molecule has 0 spiro atoms. The Morgan fingerprint density at radius 3 is 2.38 bits per heavy atom. The number of carbonyl (C=O) groups is 3. The molecule has 1 aliphatic rings. The standard InChI is InChI=1S/C11H5Cl2N3O4S/c12-4-1-2-5(6(13)3-4)10(19)20-16-7-8(17)14-11(21)15-9(7)18/h1-3H,(H2,14,15,17,18,21). The Kier molecular flexibility index (Phi) is 4.51. The second-order valence-electron chi connectivity index (χ2n) is 3.68. The van der Waals surface area contributed by atoms with Crippen LogP contribution in [0.3, 0.4) is 0 Å². The number of amides is 2. The van der Waals surface area contributed by atoms with E-state index in [0.717, 1.165) is 0 Å². The number of carbonyl (C=O) groups excluding carboxylic acids is 3. The summed E-state index contributed by atoms with van der Waals surface area (Å²) >= 11 is 16.1. The largest absolute Gasteiger partial charge is 0.367 e. The zero-order valence-electron chi connectivity index (χ0n) is 9.98. The van der Waals surface area contributed by atoms with Gasteiger partial charge in [-0.3, -0.25) is 20.2 Å². The third-order valence-corrected chi connectivity index (χ3v) is 3.01. The van der Waals surface area contributed by atoms with Crippen LogP contribution in [0, 0.1) is 0 Å². The molecule has 2 amide bonds. The maximum absolute atomic E-state index is 11.8. The Morgan fingerprint density at radius 2 is 1.81 bits per heavy atom. The fraction of sp³-hybridized carbons (Fsp3) is 0. The van der Waals surface area contributed by atoms with Gasteiger partial charge in [-0.15, -0.1) is 0 Å². The van der Waals surface area contributed by atoms with Crippen LogP contribution in [-0.4, -0.2) is 28.6 Å². The summed E-state index contributed by atoms with van der Waals surface area (Å²) in [5, 5.41) is 7.71. The Morgan fingerprint density at radius 1 is 1.19 bits per heavy atom. The molecule has 21 heavy (non-hydrogen) atoms. The first-order chi connectivity index (χ1) is 9.88. The molecule has 0 unspecified atom stereocenters. The highest BCUT2D eigenvalue weighted by Crippen LogP contribution is 2.21. The van der Waals surface area contributed by atoms with Gasteiger partial charge in [0.1, 0.15) is 0 Å². The van der Waals surface area contributed by atoms with Crippen LogP contribution in [0.4, 0.5) is 0 Å². The molecule has 0 aliphatic carbocycles. The van der Waals surface area contributed by atoms with Crippen LogP contribution in [0.15, 0.2) is 23.4 Å². The van der Waals surface area contributed by atoms with E-state index in [0.29, 0.717) is 5.02 Å². The minimum Gasteiger partial charge on any atom is -0.312 e. The fourth-order valence-corrected chi connectivity index (χ4v) is 2.00. The summed E-state index contributed by atoms with van der Waals surface area (Å²) in [6.07, 6.45) is 0. The van der Waals surface area contributed by atoms with Crippen molar-refractivity contribution in [3.05, 3.63) is 33.8 Å². The topological polar surface area (TPSA) is 96.9 Å². The van der Waals surface area contributed by atoms with E-state index in [1.807, 2.05) is 0 Å². The van der Waals surface area contributed by atoms with Gasteiger partial charge in [-0.25, -0.2) is 4.79 Å². The second-order valence-corrected chi connectivity index (χ2v) is 4.93. The Bertz CT molecular complexity index is 683. The molecule has 1 heterocycles. The van der Waals surface area contributed by atoms with Crippen molar-refractivity contribution in [2.45, 2.75) is 0 Å². The van der Waals surface area contributed by atoms with Gasteiger partial charge in [0, 0.05) is 5.02 Å². The van der Waals surface area contributed by atoms with E-state index in [1.165, 1.54) is 18.2 Å². The quantitative estimate of drug-likeness (QED) is 0.474. The van der Waals surface area contributed by atoms with Gasteiger partial charge in [0.25, 0.3) is 11.8 Å². The van der Waals surface area contributed by atoms with E-state index in [-0.39, 0.29) is 15.7 Å². The maximum Gasteiger partial charge on any atom is 0.367 e. The van der Waals surface area contributed by atoms with E-state index in [1.54, 1.807) is 0 Å². The van der Waals surface area contributed by atoms with Crippen LogP contribution in [0.2, 0.25) is 10.0 Å². The molecule has 0 saturated carbocycles. The number of hydrogen-bond donors (Lipinski definition) is 2. The van der Waals surface area contributed by atoms with Crippen molar-refractivity contribution in [3.63, 3.8) is 0 Å². The third kappa shape index (κ3) is 3.54. The van der Waals surface area contributed by atoms with Crippen molar-refractivity contribution in [1.82, 2.24) is 10.6 Å². The van der Waals surface area contributed by atoms with E-state index >= 15 is 0 Å². The summed E-state index contributed by atoms with van der Waals surface area (Å²) in [5.41, 5.74) is -0.653. The van der Waals surface area contributed by atoms with Crippen molar-refractivity contribution in [3.8, 4) is 0 Å². The number of hydrogen-bond acceptors (Lipinski definition) is 6. The van der Waals surface area contributed by atoms with E-state index in [9.17, 15) is 14.4 Å². The summed E-state index contributed by atoms with van der Waals surface area (Å²) in [6.45, 7) is 0. The van der Waals surface area contributed by atoms with Gasteiger partial charge in [0.05, 0.1) is 10.6 Å². The van der Waals surface area contributed by atoms with E-state index < -0.39 is 23.5 Å². The van der Waals surface area contributed by atoms with Gasteiger partial charge >= 0.3 is 5.97 Å². The molecular weight excluding hydrogens is 341 g/mol. The Labute approximate surface area is 133 Å². The lowest BCUT2D eigenvalue weighted by molar-refractivity contribution is -0.118. The van der Waals surface area contributed by atoms with Crippen LogP contribution >= 0.6 is 35.4 Å². The van der Waals surface area contributed by atoms with Crippen molar-refractivity contribution in [1.29, 1.82) is 0 Å². The van der Waals surface area contributed by atoms with Crippen molar-refractivity contribution >= 4 is 64.0 Å². The normalized spacial score (nSPS) is 14.4. The molecule has 1 saturated heterocycles. The highest BCUT2D eigenvalue weighted by atomic mass is 35.5. The van der Waals surface area contributed by atoms with Crippen molar-refractivity contribution in [2.75, 3.05) is 0 Å². The molecule has 2 rings (SSSR count). The number of nitrogens with zero attached hydrogens (tertiary/aromatic N) is 1. The molecule has 7 nitrogen and oxygen atoms in total. The van der Waals surface area contributed by atoms with Gasteiger partial charge in [0.2, 0.25) is 5.71 Å². The number of rotatable bonds is 2. The SMILES string of the molecule is O=C1NC(=S)NC(=O)C1=NOC(=O)c1ccc(Cl)cc1Cl. The van der Waals surface area contributed by atoms with Gasteiger partial charge < -0.3 is 4.84 Å². The van der Waals surface area contributed by atoms with Gasteiger partial charge in [0.15, 0.2) is 5.11 Å². The number of benzene rings is 1. The number of oxime groups is 1. The lowest BCUT2D eigenvalue weighted by atomic mass is 10.2. The minimum absolute atomic E-state index is 0.0161. The zero-order chi connectivity index (χ0) is 15.6. The van der Waals surface area contributed by atoms with Crippen LogP contribution in [0.5, 0.6) is 0 Å². The fourth-order valence-electron chi connectivity index (χ4n) is 1.33. The monoisotopic (exact) mass is 345 g/mol. The molecule has 2 N–H and O–H groups in total. The average molecular weight is 346 g/mol. The molecule has 1 aromatic rings. The molecule has 0 bridgehead atoms. The summed E-state index contributed by atoms with van der Waals surface area (Å²) in [6, 6.07) is 4.09. The number of nitrogens with one attached hydrogen (secondary N) is 2. The second kappa shape index (κ2) is 6.17. The molecule has 0 atom stereocenters. The average Bonchev–Trinajstić information content (AvgIpc) is 2.36. The molecule has 10 heteroatoms. The predicted octanol–water partition coefficient (Wildman–Crippen LogP) is 1.04. The first kappa shape index (κ1) is 15.4. The zero-order valence-corrected chi connectivity index (χ0v) is 12.3. The summed E-state index contributed by atoms with van der Waals surface area (Å²) in [5.74, 6) is -2.70. The minimum atomic E-state index is -0.946. The summed E-state index contributed by atoms with van der Waals surface area (Å²) in [4.78, 5) is 39.2. The lowest BCUT2D eigenvalue weighted by Crippen LogP contribution is -2.56. The number of halogens is 2. The van der Waals surface area contributed by atoms with Gasteiger partial charge in [-0.1, -0.05) is 28.4 Å². The summed E-state index contributed by atoms with van der Waals surface area (Å²) in [7, 11) is 0. The first-order valence-corrected chi connectivity index (χ1v) is 6.46. The molecule has 1 aliphatic heterocycles. The van der Waals surface area contributed by atoms with Crippen LogP contribution < -0.4 is 10.6 Å². The molecule has 0 aromatic heterocycles. The van der Waals surface area contributed by atoms with Crippen LogP contribution in [0.25, 0.3) is 0 Å². The number of thiocarbonyl (C=S) groups is 1. The molecule has 0 radical (unpaired) electrons. The first-order valence-electron chi connectivity index (χ1n) is 5.29. The maximum atomic E-state index is 11.8. The predicted molar refractivity (Wildman–Crippen MR) is 78.2 cm³/mol. The molecule has 1 fully saturated rings. The molecule has 1 aromatic carbocycles. The lowest BCUT2D eigenvalue weighted by Gasteiger charge is -2.14. The van der Waals surface area contributed by atoms with Gasteiger partial charge in [-0.2, -0.15) is 0 Å². The Balaban J connectivity index is 2.16. The molecular formula is C11H5Cl2N3O4S. The van der Waals surface area contributed by atoms with E-state index in [4.69, 9.17) is 23.2 Å². The van der Waals surface area contributed by atoms with Crippen molar-refractivity contribution < 1.29 is 19.2 Å². The Hall–Kier alpha value is -2.03. The van der Waals surface area contributed by atoms with Crippen LogP contribution in [-0.2, 0) is 14.4 Å². The smallest absolute Gasteiger partial charge is 0.312 e. The third-order valence-electron chi connectivity index (χ3n) is 2.26. The summed E-state index contributed by atoms with van der Waals surface area (Å²) < 4.78 is 0. The molecule has 108 valence electrons. The highest BCUT2D eigenvalue weighted by molar-refractivity contribution is 7.80. The van der Waals surface area contributed by atoms with E-state index in [2.05, 4.69) is 32.8 Å². The highest BCUT2D eigenvalue weighted by Gasteiger charge is 2.29. The van der Waals surface area contributed by atoms with Gasteiger partial charge in [-0.05, 0) is 30.4 Å². The van der Waals surface area contributed by atoms with Crippen LogP contribution in [0.1, 0.15) is 10.4 Å².